The van der Waals surface area contributed by atoms with Crippen molar-refractivity contribution in [2.24, 2.45) is 4.99 Å². The summed E-state index contributed by atoms with van der Waals surface area (Å²) in [6, 6.07) is 8.00. The highest BCUT2D eigenvalue weighted by Crippen LogP contribution is 2.33. The Labute approximate surface area is 177 Å². The van der Waals surface area contributed by atoms with Gasteiger partial charge < -0.3 is 15.4 Å². The van der Waals surface area contributed by atoms with E-state index in [1.807, 2.05) is 30.0 Å². The van der Waals surface area contributed by atoms with Crippen molar-refractivity contribution in [3.05, 3.63) is 34.9 Å². The Bertz CT molecular complexity index is 539. The number of ether oxygens (including phenoxy) is 1. The molecule has 0 unspecified atom stereocenters. The van der Waals surface area contributed by atoms with Crippen LogP contribution >= 0.6 is 47.3 Å². The van der Waals surface area contributed by atoms with Gasteiger partial charge in [0.2, 0.25) is 0 Å². The summed E-state index contributed by atoms with van der Waals surface area (Å²) >= 11 is 7.95. The van der Waals surface area contributed by atoms with Gasteiger partial charge in [-0.2, -0.15) is 11.8 Å². The first-order valence-electron chi connectivity index (χ1n) is 8.57. The monoisotopic (exact) mass is 497 g/mol. The van der Waals surface area contributed by atoms with Crippen LogP contribution < -0.4 is 10.6 Å². The summed E-state index contributed by atoms with van der Waals surface area (Å²) in [7, 11) is 0. The van der Waals surface area contributed by atoms with Crippen LogP contribution in [0.25, 0.3) is 0 Å². The molecule has 1 saturated heterocycles. The second-order valence-electron chi connectivity index (χ2n) is 6.00. The third kappa shape index (κ3) is 7.93. The molecule has 0 atom stereocenters. The predicted molar refractivity (Wildman–Crippen MR) is 121 cm³/mol. The zero-order chi connectivity index (χ0) is 17.3. The Morgan fingerprint density at radius 1 is 1.32 bits per heavy atom. The molecule has 0 amide bonds. The van der Waals surface area contributed by atoms with Crippen LogP contribution in [0.3, 0.4) is 0 Å². The zero-order valence-electron chi connectivity index (χ0n) is 15.0. The van der Waals surface area contributed by atoms with E-state index < -0.39 is 0 Å². The maximum atomic E-state index is 6.03. The molecule has 1 aromatic rings. The zero-order valence-corrected chi connectivity index (χ0v) is 18.9. The molecule has 0 aliphatic carbocycles. The summed E-state index contributed by atoms with van der Waals surface area (Å²) in [6.45, 7) is 6.29. The van der Waals surface area contributed by atoms with Crippen LogP contribution in [0.4, 0.5) is 0 Å². The molecule has 0 spiro atoms. The van der Waals surface area contributed by atoms with Gasteiger partial charge >= 0.3 is 0 Å². The van der Waals surface area contributed by atoms with Crippen molar-refractivity contribution in [1.82, 2.24) is 10.6 Å². The number of hydrogen-bond acceptors (Lipinski definition) is 3. The van der Waals surface area contributed by atoms with Crippen molar-refractivity contribution in [2.45, 2.75) is 30.9 Å². The molecular formula is C18H29ClIN3OS. The molecular weight excluding hydrogens is 469 g/mol. The van der Waals surface area contributed by atoms with Gasteiger partial charge in [-0.05, 0) is 50.1 Å². The largest absolute Gasteiger partial charge is 0.381 e. The highest BCUT2D eigenvalue weighted by molar-refractivity contribution is 14.0. The van der Waals surface area contributed by atoms with E-state index >= 15 is 0 Å². The molecule has 25 heavy (non-hydrogen) atoms. The summed E-state index contributed by atoms with van der Waals surface area (Å²) < 4.78 is 5.72. The van der Waals surface area contributed by atoms with Crippen molar-refractivity contribution in [1.29, 1.82) is 0 Å². The fourth-order valence-electron chi connectivity index (χ4n) is 2.75. The van der Waals surface area contributed by atoms with Crippen LogP contribution in [0.5, 0.6) is 0 Å². The number of thioether (sulfide) groups is 1. The molecule has 142 valence electrons. The number of halogens is 2. The van der Waals surface area contributed by atoms with Crippen LogP contribution in [0.1, 0.15) is 25.3 Å². The lowest BCUT2D eigenvalue weighted by atomic mass is 9.99. The molecule has 4 nitrogen and oxygen atoms in total. The van der Waals surface area contributed by atoms with E-state index in [2.05, 4.69) is 29.9 Å². The molecule has 1 heterocycles. The van der Waals surface area contributed by atoms with Crippen LogP contribution in [0, 0.1) is 0 Å². The van der Waals surface area contributed by atoms with Gasteiger partial charge in [-0.1, -0.05) is 23.7 Å². The topological polar surface area (TPSA) is 45.7 Å². The van der Waals surface area contributed by atoms with Crippen LogP contribution in [0.15, 0.2) is 29.3 Å². The van der Waals surface area contributed by atoms with Crippen LogP contribution in [-0.4, -0.2) is 49.8 Å². The van der Waals surface area contributed by atoms with Gasteiger partial charge in [-0.3, -0.25) is 4.99 Å². The lowest BCUT2D eigenvalue weighted by Gasteiger charge is -2.34. The Kier molecular flexibility index (Phi) is 11.2. The molecule has 2 N–H and O–H groups in total. The van der Waals surface area contributed by atoms with Crippen molar-refractivity contribution < 1.29 is 4.74 Å². The first kappa shape index (κ1) is 22.9. The summed E-state index contributed by atoms with van der Waals surface area (Å²) in [5.41, 5.74) is 1.23. The molecule has 0 aromatic heterocycles. The Morgan fingerprint density at radius 2 is 2.08 bits per heavy atom. The summed E-state index contributed by atoms with van der Waals surface area (Å²) in [5.74, 6) is 0.888. The fourth-order valence-corrected chi connectivity index (χ4v) is 3.73. The third-order valence-electron chi connectivity index (χ3n) is 4.30. The first-order chi connectivity index (χ1) is 11.7. The van der Waals surface area contributed by atoms with E-state index in [0.29, 0.717) is 0 Å². The summed E-state index contributed by atoms with van der Waals surface area (Å²) in [6.07, 6.45) is 5.24. The van der Waals surface area contributed by atoms with E-state index in [1.54, 1.807) is 0 Å². The Hall–Kier alpha value is -0.180. The number of rotatable bonds is 7. The van der Waals surface area contributed by atoms with E-state index in [4.69, 9.17) is 21.3 Å². The Balaban J connectivity index is 0.00000312. The van der Waals surface area contributed by atoms with Gasteiger partial charge in [0.1, 0.15) is 0 Å². The second-order valence-corrected chi connectivity index (χ2v) is 7.71. The number of aliphatic imine (C=N–C) groups is 1. The first-order valence-corrected chi connectivity index (χ1v) is 10.2. The number of nitrogens with one attached hydrogen (secondary N) is 2. The maximum Gasteiger partial charge on any atom is 0.191 e. The average molecular weight is 498 g/mol. The number of benzene rings is 1. The van der Waals surface area contributed by atoms with E-state index in [1.165, 1.54) is 5.56 Å². The molecule has 1 aliphatic rings. The Morgan fingerprint density at radius 3 is 2.72 bits per heavy atom. The minimum atomic E-state index is 0. The minimum Gasteiger partial charge on any atom is -0.381 e. The number of hydrogen-bond donors (Lipinski definition) is 2. The maximum absolute atomic E-state index is 6.03. The van der Waals surface area contributed by atoms with Crippen LogP contribution in [-0.2, 0) is 11.2 Å². The van der Waals surface area contributed by atoms with Gasteiger partial charge in [-0.15, -0.1) is 24.0 Å². The van der Waals surface area contributed by atoms with Crippen molar-refractivity contribution >= 4 is 53.3 Å². The summed E-state index contributed by atoms with van der Waals surface area (Å²) in [5, 5.41) is 7.54. The molecule has 0 bridgehead atoms. The fraction of sp³-hybridized carbons (Fsp3) is 0.611. The smallest absolute Gasteiger partial charge is 0.191 e. The number of guanidine groups is 1. The van der Waals surface area contributed by atoms with Gasteiger partial charge in [0.15, 0.2) is 5.96 Å². The molecule has 0 saturated carbocycles. The summed E-state index contributed by atoms with van der Waals surface area (Å²) in [4.78, 5) is 4.82. The molecule has 0 radical (unpaired) electrons. The van der Waals surface area contributed by atoms with Crippen LogP contribution in [0.2, 0.25) is 5.02 Å². The second kappa shape index (κ2) is 12.3. The molecule has 1 aliphatic heterocycles. The quantitative estimate of drug-likeness (QED) is 0.340. The molecule has 7 heteroatoms. The van der Waals surface area contributed by atoms with E-state index in [0.717, 1.165) is 63.1 Å². The van der Waals surface area contributed by atoms with Crippen molar-refractivity contribution in [3.63, 3.8) is 0 Å². The van der Waals surface area contributed by atoms with E-state index in [9.17, 15) is 0 Å². The minimum absolute atomic E-state index is 0. The van der Waals surface area contributed by atoms with Crippen molar-refractivity contribution in [3.8, 4) is 0 Å². The highest BCUT2D eigenvalue weighted by Gasteiger charge is 2.31. The van der Waals surface area contributed by atoms with E-state index in [-0.39, 0.29) is 28.7 Å². The normalized spacial score (nSPS) is 16.8. The SMILES string of the molecule is CCNC(=NCC1(SC)CCOCC1)NCCc1cccc(Cl)c1.I. The van der Waals surface area contributed by atoms with Gasteiger partial charge in [0.25, 0.3) is 0 Å². The average Bonchev–Trinajstić information content (AvgIpc) is 2.60. The predicted octanol–water partition coefficient (Wildman–Crippen LogP) is 3.97. The van der Waals surface area contributed by atoms with Gasteiger partial charge in [0, 0.05) is 36.1 Å². The lowest BCUT2D eigenvalue weighted by Crippen LogP contribution is -2.41. The number of nitrogens with zero attached hydrogens (tertiary/aromatic N) is 1. The molecule has 1 aromatic carbocycles. The van der Waals surface area contributed by atoms with Crippen molar-refractivity contribution in [2.75, 3.05) is 39.1 Å². The van der Waals surface area contributed by atoms with Gasteiger partial charge in [-0.25, -0.2) is 0 Å². The highest BCUT2D eigenvalue weighted by atomic mass is 127. The van der Waals surface area contributed by atoms with Gasteiger partial charge in [0.05, 0.1) is 6.54 Å². The standard InChI is InChI=1S/C18H28ClN3OS.HI/c1-3-20-17(21-10-7-15-5-4-6-16(19)13-15)22-14-18(24-2)8-11-23-12-9-18;/h4-6,13H,3,7-12,14H2,1-2H3,(H2,20,21,22);1H. The molecule has 1 fully saturated rings. The lowest BCUT2D eigenvalue weighted by molar-refractivity contribution is 0.0794. The molecule has 2 rings (SSSR count). The third-order valence-corrected chi connectivity index (χ3v) is 5.94.